The quantitative estimate of drug-likeness (QED) is 0.0755. The zero-order valence-electron chi connectivity index (χ0n) is 30.5. The highest BCUT2D eigenvalue weighted by atomic mass is 16.3. The molecule has 0 amide bonds. The van der Waals surface area contributed by atoms with Crippen LogP contribution >= 0.6 is 0 Å². The molecule has 0 fully saturated rings. The highest BCUT2D eigenvalue weighted by Crippen LogP contribution is 2.50. The number of phenols is 12. The van der Waals surface area contributed by atoms with E-state index in [1.165, 1.54) is 48.5 Å². The molecule has 8 bridgehead atoms. The van der Waals surface area contributed by atoms with E-state index in [0.717, 1.165) is 0 Å². The second kappa shape index (κ2) is 13.3. The van der Waals surface area contributed by atoms with Gasteiger partial charge in [0.05, 0.1) is 22.8 Å². The van der Waals surface area contributed by atoms with Crippen molar-refractivity contribution in [2.45, 2.75) is 0 Å². The van der Waals surface area contributed by atoms with Gasteiger partial charge in [-0.3, -0.25) is 0 Å². The Balaban J connectivity index is 1.53. The minimum atomic E-state index is -0.813. The van der Waals surface area contributed by atoms with Gasteiger partial charge in [-0.25, -0.2) is 9.97 Å². The third-order valence-corrected chi connectivity index (χ3v) is 10.4. The van der Waals surface area contributed by atoms with Crippen molar-refractivity contribution in [2.75, 3.05) is 0 Å². The molecular formula is C44H30N4O12. The van der Waals surface area contributed by atoms with Crippen LogP contribution < -0.4 is 0 Å². The molecule has 60 heavy (non-hydrogen) atoms. The van der Waals surface area contributed by atoms with Crippen molar-refractivity contribution < 1.29 is 61.3 Å². The fraction of sp³-hybridized carbons (Fsp3) is 0. The lowest BCUT2D eigenvalue weighted by Crippen LogP contribution is -1.91. The van der Waals surface area contributed by atoms with E-state index < -0.39 is 69.0 Å². The van der Waals surface area contributed by atoms with Crippen LogP contribution in [0.1, 0.15) is 22.8 Å². The zero-order valence-corrected chi connectivity index (χ0v) is 30.5. The first-order chi connectivity index (χ1) is 28.7. The summed E-state index contributed by atoms with van der Waals surface area (Å²) in [6, 6.07) is 16.5. The summed E-state index contributed by atoms with van der Waals surface area (Å²) in [5.74, 6) is -8.43. The molecule has 16 heteroatoms. The molecule has 2 aliphatic heterocycles. The van der Waals surface area contributed by atoms with Crippen LogP contribution in [0, 0.1) is 0 Å². The third kappa shape index (κ3) is 5.54. The van der Waals surface area contributed by atoms with Crippen LogP contribution in [-0.2, 0) is 0 Å². The van der Waals surface area contributed by atoms with Crippen molar-refractivity contribution in [1.29, 1.82) is 0 Å². The number of H-pyrrole nitrogens is 2. The maximum absolute atomic E-state index is 11.2. The van der Waals surface area contributed by atoms with Gasteiger partial charge in [0.1, 0.15) is 0 Å². The standard InChI is InChI=1S/C44H30N4O12/c49-29-13-1-17(37(53)41(29)57)33-21-5-7-23(45-21)34(18-2-14-30(50)42(58)38(18)54)25-9-11-27(47-25)36(20-4-16-32(52)44(60)40(20)56)28-12-10-26(48-28)35(24-8-6-22(33)46-24)19-3-15-31(51)43(59)39(19)55/h1-16,45,48-60H. The van der Waals surface area contributed by atoms with Crippen molar-refractivity contribution in [3.63, 3.8) is 0 Å². The molecule has 2 aliphatic rings. The SMILES string of the molecule is Oc1ccc(-c2c3nc(c(-c4ccc(O)c(O)c4O)c4ccc([nH]4)c(-c4ccc(O)c(O)c4O)c4nc(c(-c5ccc(O)c(O)c5O)c5ccc2[nH]5)C=C4)C=C3)c(O)c1O. The van der Waals surface area contributed by atoms with Crippen LogP contribution in [-0.4, -0.2) is 81.2 Å². The van der Waals surface area contributed by atoms with Gasteiger partial charge in [0.15, 0.2) is 46.0 Å². The monoisotopic (exact) mass is 806 g/mol. The molecule has 5 heterocycles. The number of aromatic hydroxyl groups is 12. The number of phenolic OH excluding ortho intramolecular Hbond substituents is 12. The first-order valence-corrected chi connectivity index (χ1v) is 17.9. The summed E-state index contributed by atoms with van der Waals surface area (Å²) in [6.45, 7) is 0. The maximum Gasteiger partial charge on any atom is 0.200 e. The number of fused-ring (bicyclic) bond motifs is 8. The second-order valence-electron chi connectivity index (χ2n) is 13.8. The summed E-state index contributed by atoms with van der Waals surface area (Å²) in [7, 11) is 0. The van der Waals surface area contributed by atoms with Gasteiger partial charge >= 0.3 is 0 Å². The Morgan fingerprint density at radius 1 is 0.267 bits per heavy atom. The van der Waals surface area contributed by atoms with Gasteiger partial charge in [-0.15, -0.1) is 0 Å². The zero-order chi connectivity index (χ0) is 42.3. The molecule has 0 saturated carbocycles. The molecule has 0 unspecified atom stereocenters. The normalized spacial score (nSPS) is 12.0. The minimum absolute atomic E-state index is 0.00917. The van der Waals surface area contributed by atoms with Gasteiger partial charge in [0.25, 0.3) is 0 Å². The second-order valence-corrected chi connectivity index (χ2v) is 13.8. The van der Waals surface area contributed by atoms with E-state index in [1.54, 1.807) is 48.6 Å². The van der Waals surface area contributed by atoms with Crippen LogP contribution in [0.25, 0.3) is 90.9 Å². The number of hydrogen-bond donors (Lipinski definition) is 14. The lowest BCUT2D eigenvalue weighted by molar-refractivity contribution is 0.369. The number of benzene rings is 4. The van der Waals surface area contributed by atoms with E-state index in [4.69, 9.17) is 9.97 Å². The van der Waals surface area contributed by atoms with Crippen molar-refractivity contribution in [2.24, 2.45) is 0 Å². The lowest BCUT2D eigenvalue weighted by atomic mass is 10.0. The van der Waals surface area contributed by atoms with Crippen molar-refractivity contribution in [3.8, 4) is 114 Å². The summed E-state index contributed by atoms with van der Waals surface area (Å²) in [4.78, 5) is 16.3. The summed E-state index contributed by atoms with van der Waals surface area (Å²) in [5, 5.41) is 128. The first kappa shape index (κ1) is 36.7. The first-order valence-electron chi connectivity index (χ1n) is 17.9. The van der Waals surface area contributed by atoms with Gasteiger partial charge in [0, 0.05) is 66.6 Å². The van der Waals surface area contributed by atoms with E-state index >= 15 is 0 Å². The largest absolute Gasteiger partial charge is 0.504 e. The Kier molecular flexibility index (Phi) is 8.16. The van der Waals surface area contributed by atoms with Gasteiger partial charge in [-0.1, -0.05) is 0 Å². The summed E-state index contributed by atoms with van der Waals surface area (Å²) < 4.78 is 0. The molecule has 0 aliphatic carbocycles. The summed E-state index contributed by atoms with van der Waals surface area (Å²) in [5.41, 5.74) is 2.53. The Labute approximate surface area is 336 Å². The molecule has 298 valence electrons. The molecule has 0 saturated heterocycles. The van der Waals surface area contributed by atoms with Crippen LogP contribution in [0.15, 0.2) is 72.8 Å². The smallest absolute Gasteiger partial charge is 0.200 e. The average molecular weight is 807 g/mol. The third-order valence-electron chi connectivity index (χ3n) is 10.4. The number of aromatic amines is 2. The minimum Gasteiger partial charge on any atom is -0.504 e. The molecule has 3 aromatic heterocycles. The predicted octanol–water partition coefficient (Wildman–Crippen LogP) is 7.79. The molecule has 0 radical (unpaired) electrons. The Morgan fingerprint density at radius 3 is 0.700 bits per heavy atom. The number of nitrogens with zero attached hydrogens (tertiary/aromatic N) is 2. The number of nitrogens with one attached hydrogen (secondary N) is 2. The van der Waals surface area contributed by atoms with Crippen molar-refractivity contribution >= 4 is 46.4 Å². The van der Waals surface area contributed by atoms with Crippen LogP contribution in [0.4, 0.5) is 0 Å². The average Bonchev–Trinajstić information content (AvgIpc) is 4.08. The maximum atomic E-state index is 11.2. The fourth-order valence-electron chi connectivity index (χ4n) is 7.42. The van der Waals surface area contributed by atoms with Crippen LogP contribution in [0.2, 0.25) is 0 Å². The Bertz CT molecular complexity index is 2830. The summed E-state index contributed by atoms with van der Waals surface area (Å²) in [6.07, 6.45) is 6.28. The van der Waals surface area contributed by atoms with E-state index in [2.05, 4.69) is 9.97 Å². The Hall–Kier alpha value is -8.92. The van der Waals surface area contributed by atoms with E-state index in [0.29, 0.717) is 0 Å². The highest BCUT2D eigenvalue weighted by Gasteiger charge is 2.25. The van der Waals surface area contributed by atoms with Gasteiger partial charge < -0.3 is 71.2 Å². The highest BCUT2D eigenvalue weighted by molar-refractivity contribution is 6.02. The van der Waals surface area contributed by atoms with E-state index in [-0.39, 0.29) is 89.4 Å². The molecule has 4 aromatic carbocycles. The molecule has 16 nitrogen and oxygen atoms in total. The van der Waals surface area contributed by atoms with E-state index in [9.17, 15) is 61.3 Å². The molecule has 7 aromatic rings. The van der Waals surface area contributed by atoms with Gasteiger partial charge in [0.2, 0.25) is 23.0 Å². The molecule has 14 N–H and O–H groups in total. The van der Waals surface area contributed by atoms with Gasteiger partial charge in [-0.2, -0.15) is 0 Å². The number of hydrogen-bond acceptors (Lipinski definition) is 14. The summed E-state index contributed by atoms with van der Waals surface area (Å²) >= 11 is 0. The molecular weight excluding hydrogens is 776 g/mol. The number of aromatic nitrogens is 4. The van der Waals surface area contributed by atoms with Crippen LogP contribution in [0.5, 0.6) is 69.0 Å². The lowest BCUT2D eigenvalue weighted by Gasteiger charge is -2.11. The predicted molar refractivity (Wildman–Crippen MR) is 221 cm³/mol. The van der Waals surface area contributed by atoms with Gasteiger partial charge in [-0.05, 0) is 97.1 Å². The van der Waals surface area contributed by atoms with Crippen molar-refractivity contribution in [3.05, 3.63) is 95.6 Å². The topological polar surface area (TPSA) is 300 Å². The molecule has 0 spiro atoms. The van der Waals surface area contributed by atoms with Crippen molar-refractivity contribution in [1.82, 2.24) is 19.9 Å². The number of rotatable bonds is 4. The molecule has 0 atom stereocenters. The fourth-order valence-corrected chi connectivity index (χ4v) is 7.42. The molecule has 9 rings (SSSR count). The Morgan fingerprint density at radius 2 is 0.483 bits per heavy atom. The van der Waals surface area contributed by atoms with Crippen LogP contribution in [0.3, 0.4) is 0 Å². The van der Waals surface area contributed by atoms with E-state index in [1.807, 2.05) is 0 Å².